The lowest BCUT2D eigenvalue weighted by molar-refractivity contribution is 0.705. The Morgan fingerprint density at radius 3 is 2.58 bits per heavy atom. The fourth-order valence-electron chi connectivity index (χ4n) is 1.21. The summed E-state index contributed by atoms with van der Waals surface area (Å²) in [6.45, 7) is 2.26. The van der Waals surface area contributed by atoms with Crippen LogP contribution >= 0.6 is 11.8 Å². The van der Waals surface area contributed by atoms with Crippen LogP contribution in [0.5, 0.6) is 0 Å². The van der Waals surface area contributed by atoms with Crippen molar-refractivity contribution in [3.63, 3.8) is 0 Å². The van der Waals surface area contributed by atoms with Crippen molar-refractivity contribution >= 4 is 11.8 Å². The fourth-order valence-corrected chi connectivity index (χ4v) is 2.46. The van der Waals surface area contributed by atoms with E-state index in [1.165, 1.54) is 50.0 Å². The molecule has 1 nitrogen and oxygen atoms in total. The first-order chi connectivity index (χ1) is 5.77. The van der Waals surface area contributed by atoms with E-state index in [9.17, 15) is 0 Å². The van der Waals surface area contributed by atoms with E-state index >= 15 is 0 Å². The molecule has 1 saturated carbocycles. The maximum absolute atomic E-state index is 5.97. The van der Waals surface area contributed by atoms with Gasteiger partial charge >= 0.3 is 0 Å². The van der Waals surface area contributed by atoms with E-state index in [4.69, 9.17) is 5.73 Å². The second kappa shape index (κ2) is 5.13. The Balaban J connectivity index is 1.77. The van der Waals surface area contributed by atoms with Crippen LogP contribution in [0.25, 0.3) is 0 Å². The molecule has 1 rings (SSSR count). The molecule has 0 aromatic carbocycles. The normalized spacial score (nSPS) is 19.5. The molecule has 12 heavy (non-hydrogen) atoms. The average Bonchev–Trinajstić information content (AvgIpc) is 2.77. The smallest absolute Gasteiger partial charge is 0.0247 e. The van der Waals surface area contributed by atoms with Gasteiger partial charge in [0.1, 0.15) is 0 Å². The van der Waals surface area contributed by atoms with Crippen LogP contribution in [0.3, 0.4) is 0 Å². The molecule has 0 atom stereocenters. The van der Waals surface area contributed by atoms with E-state index in [-0.39, 0.29) is 5.54 Å². The molecular weight excluding hydrogens is 166 g/mol. The Labute approximate surface area is 80.5 Å². The SMILES string of the molecule is CCCCCCSCC1(N)CC1. The summed E-state index contributed by atoms with van der Waals surface area (Å²) in [5.74, 6) is 2.51. The molecule has 0 aliphatic heterocycles. The quantitative estimate of drug-likeness (QED) is 0.620. The minimum Gasteiger partial charge on any atom is -0.324 e. The van der Waals surface area contributed by atoms with Gasteiger partial charge in [-0.15, -0.1) is 0 Å². The van der Waals surface area contributed by atoms with Gasteiger partial charge in [0.2, 0.25) is 0 Å². The van der Waals surface area contributed by atoms with Crippen LogP contribution in [0, 0.1) is 0 Å². The van der Waals surface area contributed by atoms with Gasteiger partial charge < -0.3 is 5.73 Å². The summed E-state index contributed by atoms with van der Waals surface area (Å²) >= 11 is 2.05. The van der Waals surface area contributed by atoms with E-state index in [2.05, 4.69) is 6.92 Å². The summed E-state index contributed by atoms with van der Waals surface area (Å²) in [7, 11) is 0. The van der Waals surface area contributed by atoms with Crippen LogP contribution < -0.4 is 5.73 Å². The number of unbranched alkanes of at least 4 members (excludes halogenated alkanes) is 3. The van der Waals surface area contributed by atoms with Crippen molar-refractivity contribution in [2.45, 2.75) is 51.0 Å². The van der Waals surface area contributed by atoms with Crippen LogP contribution in [0.2, 0.25) is 0 Å². The Kier molecular flexibility index (Phi) is 4.44. The molecule has 0 amide bonds. The molecule has 0 unspecified atom stereocenters. The van der Waals surface area contributed by atoms with Crippen LogP contribution in [0.15, 0.2) is 0 Å². The molecule has 0 spiro atoms. The summed E-state index contributed by atoms with van der Waals surface area (Å²) < 4.78 is 0. The Hall–Kier alpha value is 0.310. The van der Waals surface area contributed by atoms with Gasteiger partial charge in [0.25, 0.3) is 0 Å². The van der Waals surface area contributed by atoms with Crippen LogP contribution in [0.4, 0.5) is 0 Å². The lowest BCUT2D eigenvalue weighted by Crippen LogP contribution is -2.24. The highest BCUT2D eigenvalue weighted by Gasteiger charge is 2.37. The second-order valence-electron chi connectivity index (χ2n) is 3.98. The van der Waals surface area contributed by atoms with Crippen LogP contribution in [-0.2, 0) is 0 Å². The lowest BCUT2D eigenvalue weighted by atomic mass is 10.2. The second-order valence-corrected chi connectivity index (χ2v) is 5.08. The highest BCUT2D eigenvalue weighted by atomic mass is 32.2. The molecular formula is C10H21NS. The van der Waals surface area contributed by atoms with Gasteiger partial charge in [-0.25, -0.2) is 0 Å². The van der Waals surface area contributed by atoms with Crippen molar-refractivity contribution < 1.29 is 0 Å². The molecule has 0 radical (unpaired) electrons. The van der Waals surface area contributed by atoms with Gasteiger partial charge in [0.05, 0.1) is 0 Å². The third kappa shape index (κ3) is 4.36. The van der Waals surface area contributed by atoms with Crippen molar-refractivity contribution in [1.29, 1.82) is 0 Å². The predicted molar refractivity (Wildman–Crippen MR) is 57.6 cm³/mol. The molecule has 0 heterocycles. The number of rotatable bonds is 7. The highest BCUT2D eigenvalue weighted by Crippen LogP contribution is 2.35. The maximum Gasteiger partial charge on any atom is 0.0247 e. The number of hydrogen-bond acceptors (Lipinski definition) is 2. The minimum atomic E-state index is 0.259. The summed E-state index contributed by atoms with van der Waals surface area (Å²) in [5.41, 5.74) is 6.23. The van der Waals surface area contributed by atoms with E-state index in [0.717, 1.165) is 0 Å². The number of thioether (sulfide) groups is 1. The zero-order valence-corrected chi connectivity index (χ0v) is 8.96. The standard InChI is InChI=1S/C10H21NS/c1-2-3-4-5-8-12-9-10(11)6-7-10/h2-9,11H2,1H3. The molecule has 2 N–H and O–H groups in total. The predicted octanol–water partition coefficient (Wildman–Crippen LogP) is 2.79. The topological polar surface area (TPSA) is 26.0 Å². The van der Waals surface area contributed by atoms with Crippen molar-refractivity contribution in [2.24, 2.45) is 5.73 Å². The Morgan fingerprint density at radius 2 is 2.00 bits per heavy atom. The molecule has 1 aliphatic rings. The molecule has 0 aromatic heterocycles. The number of hydrogen-bond donors (Lipinski definition) is 1. The molecule has 2 heteroatoms. The van der Waals surface area contributed by atoms with Gasteiger partial charge in [-0.2, -0.15) is 11.8 Å². The van der Waals surface area contributed by atoms with E-state index < -0.39 is 0 Å². The monoisotopic (exact) mass is 187 g/mol. The summed E-state index contributed by atoms with van der Waals surface area (Å²) in [6, 6.07) is 0. The summed E-state index contributed by atoms with van der Waals surface area (Å²) in [4.78, 5) is 0. The summed E-state index contributed by atoms with van der Waals surface area (Å²) in [5, 5.41) is 0. The Bertz CT molecular complexity index is 121. The van der Waals surface area contributed by atoms with E-state index in [0.29, 0.717) is 0 Å². The van der Waals surface area contributed by atoms with Gasteiger partial charge in [-0.3, -0.25) is 0 Å². The molecule has 0 bridgehead atoms. The maximum atomic E-state index is 5.97. The van der Waals surface area contributed by atoms with E-state index in [1.54, 1.807) is 0 Å². The zero-order chi connectivity index (χ0) is 8.86. The average molecular weight is 187 g/mol. The Morgan fingerprint density at radius 1 is 1.25 bits per heavy atom. The number of nitrogens with two attached hydrogens (primary N) is 1. The molecule has 72 valence electrons. The molecule has 1 aliphatic carbocycles. The van der Waals surface area contributed by atoms with Crippen molar-refractivity contribution in [3.05, 3.63) is 0 Å². The van der Waals surface area contributed by atoms with E-state index in [1.807, 2.05) is 11.8 Å². The molecule has 0 saturated heterocycles. The van der Waals surface area contributed by atoms with Gasteiger partial charge in [-0.1, -0.05) is 26.2 Å². The largest absolute Gasteiger partial charge is 0.324 e. The lowest BCUT2D eigenvalue weighted by Gasteiger charge is -2.06. The first-order valence-corrected chi connectivity index (χ1v) is 6.29. The van der Waals surface area contributed by atoms with Crippen molar-refractivity contribution in [2.75, 3.05) is 11.5 Å². The van der Waals surface area contributed by atoms with Crippen molar-refractivity contribution in [3.8, 4) is 0 Å². The fraction of sp³-hybridized carbons (Fsp3) is 1.00. The molecule has 0 aromatic rings. The summed E-state index contributed by atoms with van der Waals surface area (Å²) in [6.07, 6.45) is 8.04. The minimum absolute atomic E-state index is 0.259. The van der Waals surface area contributed by atoms with Crippen LogP contribution in [-0.4, -0.2) is 17.0 Å². The third-order valence-corrected chi connectivity index (χ3v) is 3.78. The van der Waals surface area contributed by atoms with Crippen LogP contribution in [0.1, 0.15) is 45.4 Å². The first kappa shape index (κ1) is 10.4. The van der Waals surface area contributed by atoms with Gasteiger partial charge in [0.15, 0.2) is 0 Å². The van der Waals surface area contributed by atoms with Gasteiger partial charge in [-0.05, 0) is 25.0 Å². The molecule has 1 fully saturated rings. The van der Waals surface area contributed by atoms with Crippen molar-refractivity contribution in [1.82, 2.24) is 0 Å². The first-order valence-electron chi connectivity index (χ1n) is 5.13. The zero-order valence-electron chi connectivity index (χ0n) is 8.14. The third-order valence-electron chi connectivity index (χ3n) is 2.42. The van der Waals surface area contributed by atoms with Gasteiger partial charge in [0, 0.05) is 11.3 Å². The highest BCUT2D eigenvalue weighted by molar-refractivity contribution is 7.99.